The standard InChI is InChI=1S/C27H37N7O6/c28-19(14-17-8-3-1-4-9-17)23(36)34-22(16-35)25(38)33-21(15-18-10-5-2-6-11-18)24(37)32-20(26(39)40)12-7-13-31-27(29)30/h1-6,8-11,19-22,35H,7,12-16,28H2,(H,32,37)(H,33,38)(H,34,36)(H,39,40)(H4,29,30,31). The lowest BCUT2D eigenvalue weighted by Gasteiger charge is -2.24. The van der Waals surface area contributed by atoms with Gasteiger partial charge in [0.25, 0.3) is 0 Å². The average Bonchev–Trinajstić information content (AvgIpc) is 2.93. The van der Waals surface area contributed by atoms with Crippen LogP contribution in [0.1, 0.15) is 24.0 Å². The predicted molar refractivity (Wildman–Crippen MR) is 149 cm³/mol. The van der Waals surface area contributed by atoms with Crippen LogP contribution in [0.4, 0.5) is 0 Å². The lowest BCUT2D eigenvalue weighted by molar-refractivity contribution is -0.142. The number of aliphatic carboxylic acids is 1. The highest BCUT2D eigenvalue weighted by molar-refractivity contribution is 5.94. The lowest BCUT2D eigenvalue weighted by Crippen LogP contribution is -2.58. The molecule has 0 saturated carbocycles. The molecule has 0 fully saturated rings. The predicted octanol–water partition coefficient (Wildman–Crippen LogP) is -1.62. The molecule has 0 radical (unpaired) electrons. The Bertz CT molecular complexity index is 1140. The number of carbonyl (C=O) groups is 4. The van der Waals surface area contributed by atoms with Crippen molar-refractivity contribution in [2.45, 2.75) is 49.9 Å². The van der Waals surface area contributed by atoms with Gasteiger partial charge in [0.1, 0.15) is 18.1 Å². The third-order valence-electron chi connectivity index (χ3n) is 5.93. The number of carboxylic acids is 1. The molecule has 0 aliphatic rings. The number of nitrogens with one attached hydrogen (secondary N) is 3. The van der Waals surface area contributed by atoms with Gasteiger partial charge in [0.15, 0.2) is 5.96 Å². The SMILES string of the molecule is NC(N)=NCCCC(NC(=O)C(Cc1ccccc1)NC(=O)C(CO)NC(=O)C(N)Cc1ccccc1)C(=O)O. The summed E-state index contributed by atoms with van der Waals surface area (Å²) in [5, 5.41) is 26.8. The normalized spacial score (nSPS) is 13.7. The first-order valence-corrected chi connectivity index (χ1v) is 12.7. The van der Waals surface area contributed by atoms with Crippen molar-refractivity contribution >= 4 is 29.7 Å². The third-order valence-corrected chi connectivity index (χ3v) is 5.93. The van der Waals surface area contributed by atoms with Gasteiger partial charge < -0.3 is 43.4 Å². The number of aliphatic hydroxyl groups is 1. The fraction of sp³-hybridized carbons (Fsp3) is 0.370. The summed E-state index contributed by atoms with van der Waals surface area (Å²) in [6.07, 6.45) is 0.564. The Hall–Kier alpha value is -4.49. The molecule has 11 N–H and O–H groups in total. The fourth-order valence-corrected chi connectivity index (χ4v) is 3.80. The van der Waals surface area contributed by atoms with Crippen molar-refractivity contribution in [1.29, 1.82) is 0 Å². The number of amides is 3. The van der Waals surface area contributed by atoms with E-state index in [-0.39, 0.29) is 38.2 Å². The van der Waals surface area contributed by atoms with Crippen LogP contribution in [-0.2, 0) is 32.0 Å². The summed E-state index contributed by atoms with van der Waals surface area (Å²) in [5.41, 5.74) is 18.1. The minimum Gasteiger partial charge on any atom is -0.480 e. The van der Waals surface area contributed by atoms with Crippen molar-refractivity contribution in [3.8, 4) is 0 Å². The Labute approximate surface area is 232 Å². The second-order valence-electron chi connectivity index (χ2n) is 9.14. The number of benzene rings is 2. The first-order chi connectivity index (χ1) is 19.1. The molecule has 2 aromatic rings. The van der Waals surface area contributed by atoms with Crippen LogP contribution in [0.25, 0.3) is 0 Å². The number of carboxylic acid groups (broad SMARTS) is 1. The van der Waals surface area contributed by atoms with E-state index in [0.717, 1.165) is 5.56 Å². The maximum atomic E-state index is 13.2. The molecule has 216 valence electrons. The molecule has 3 amide bonds. The van der Waals surface area contributed by atoms with Gasteiger partial charge in [-0.1, -0.05) is 60.7 Å². The molecule has 13 nitrogen and oxygen atoms in total. The highest BCUT2D eigenvalue weighted by Crippen LogP contribution is 2.07. The molecule has 2 aromatic carbocycles. The van der Waals surface area contributed by atoms with Crippen molar-refractivity contribution in [3.63, 3.8) is 0 Å². The molecule has 0 heterocycles. The summed E-state index contributed by atoms with van der Waals surface area (Å²) in [6.45, 7) is -0.575. The van der Waals surface area contributed by atoms with Crippen LogP contribution in [-0.4, -0.2) is 77.2 Å². The summed E-state index contributed by atoms with van der Waals surface area (Å²) in [7, 11) is 0. The van der Waals surface area contributed by atoms with Gasteiger partial charge in [-0.15, -0.1) is 0 Å². The lowest BCUT2D eigenvalue weighted by atomic mass is 10.0. The fourth-order valence-electron chi connectivity index (χ4n) is 3.80. The van der Waals surface area contributed by atoms with Crippen molar-refractivity contribution in [2.75, 3.05) is 13.2 Å². The first-order valence-electron chi connectivity index (χ1n) is 12.7. The number of aliphatic imine (C=N–C) groups is 1. The van der Waals surface area contributed by atoms with E-state index in [1.54, 1.807) is 54.6 Å². The summed E-state index contributed by atoms with van der Waals surface area (Å²) >= 11 is 0. The van der Waals surface area contributed by atoms with Gasteiger partial charge in [0.05, 0.1) is 12.6 Å². The monoisotopic (exact) mass is 555 g/mol. The Kier molecular flexibility index (Phi) is 13.1. The zero-order chi connectivity index (χ0) is 29.5. The highest BCUT2D eigenvalue weighted by atomic mass is 16.4. The van der Waals surface area contributed by atoms with Crippen molar-refractivity contribution in [3.05, 3.63) is 71.8 Å². The van der Waals surface area contributed by atoms with Gasteiger partial charge in [-0.25, -0.2) is 4.79 Å². The number of hydrogen-bond donors (Lipinski definition) is 8. The molecule has 0 aliphatic heterocycles. The topological polar surface area (TPSA) is 235 Å². The Morgan fingerprint density at radius 3 is 1.77 bits per heavy atom. The van der Waals surface area contributed by atoms with Crippen LogP contribution in [0.5, 0.6) is 0 Å². The van der Waals surface area contributed by atoms with Crippen LogP contribution in [0.15, 0.2) is 65.7 Å². The molecule has 0 bridgehead atoms. The van der Waals surface area contributed by atoms with Crippen LogP contribution in [0.3, 0.4) is 0 Å². The molecule has 4 atom stereocenters. The zero-order valence-corrected chi connectivity index (χ0v) is 22.0. The van der Waals surface area contributed by atoms with Gasteiger partial charge in [0.2, 0.25) is 17.7 Å². The van der Waals surface area contributed by atoms with E-state index in [1.165, 1.54) is 0 Å². The first kappa shape index (κ1) is 31.7. The van der Waals surface area contributed by atoms with E-state index in [2.05, 4.69) is 20.9 Å². The second kappa shape index (κ2) is 16.5. The van der Waals surface area contributed by atoms with Crippen molar-refractivity contribution in [2.24, 2.45) is 22.2 Å². The van der Waals surface area contributed by atoms with Crippen LogP contribution >= 0.6 is 0 Å². The van der Waals surface area contributed by atoms with Crippen molar-refractivity contribution < 1.29 is 29.4 Å². The molecular formula is C27H37N7O6. The Morgan fingerprint density at radius 2 is 1.25 bits per heavy atom. The van der Waals surface area contributed by atoms with Gasteiger partial charge in [-0.3, -0.25) is 19.4 Å². The van der Waals surface area contributed by atoms with Gasteiger partial charge in [-0.2, -0.15) is 0 Å². The molecule has 0 spiro atoms. The minimum absolute atomic E-state index is 0.0262. The maximum Gasteiger partial charge on any atom is 0.326 e. The Balaban J connectivity index is 2.10. The summed E-state index contributed by atoms with van der Waals surface area (Å²) in [6, 6.07) is 13.0. The van der Waals surface area contributed by atoms with E-state index in [0.29, 0.717) is 5.56 Å². The smallest absolute Gasteiger partial charge is 0.326 e. The molecule has 4 unspecified atom stereocenters. The largest absolute Gasteiger partial charge is 0.480 e. The van der Waals surface area contributed by atoms with E-state index >= 15 is 0 Å². The van der Waals surface area contributed by atoms with Gasteiger partial charge >= 0.3 is 5.97 Å². The molecule has 13 heteroatoms. The summed E-state index contributed by atoms with van der Waals surface area (Å²) in [4.78, 5) is 54.4. The van der Waals surface area contributed by atoms with Gasteiger partial charge in [0, 0.05) is 13.0 Å². The number of rotatable bonds is 16. The van der Waals surface area contributed by atoms with Crippen LogP contribution in [0.2, 0.25) is 0 Å². The van der Waals surface area contributed by atoms with Crippen molar-refractivity contribution in [1.82, 2.24) is 16.0 Å². The second-order valence-corrected chi connectivity index (χ2v) is 9.14. The highest BCUT2D eigenvalue weighted by Gasteiger charge is 2.30. The van der Waals surface area contributed by atoms with E-state index < -0.39 is 54.5 Å². The number of aliphatic hydroxyl groups excluding tert-OH is 1. The number of nitrogens with two attached hydrogens (primary N) is 3. The van der Waals surface area contributed by atoms with Gasteiger partial charge in [-0.05, 0) is 30.4 Å². The number of hydrogen-bond acceptors (Lipinski definition) is 7. The number of nitrogens with zero attached hydrogens (tertiary/aromatic N) is 1. The van der Waals surface area contributed by atoms with Crippen LogP contribution < -0.4 is 33.2 Å². The Morgan fingerprint density at radius 1 is 0.750 bits per heavy atom. The summed E-state index contributed by atoms with van der Waals surface area (Å²) < 4.78 is 0. The van der Waals surface area contributed by atoms with E-state index in [9.17, 15) is 29.4 Å². The molecule has 0 aromatic heterocycles. The molecule has 0 saturated heterocycles. The third kappa shape index (κ3) is 11.1. The summed E-state index contributed by atoms with van der Waals surface area (Å²) in [5.74, 6) is -3.65. The number of carbonyl (C=O) groups excluding carboxylic acids is 3. The van der Waals surface area contributed by atoms with E-state index in [4.69, 9.17) is 17.2 Å². The molecule has 40 heavy (non-hydrogen) atoms. The minimum atomic E-state index is -1.39. The average molecular weight is 556 g/mol. The van der Waals surface area contributed by atoms with E-state index in [1.807, 2.05) is 6.07 Å². The molecular weight excluding hydrogens is 518 g/mol. The number of guanidine groups is 1. The molecule has 0 aliphatic carbocycles. The zero-order valence-electron chi connectivity index (χ0n) is 22.0. The quantitative estimate of drug-likeness (QED) is 0.0674. The van der Waals surface area contributed by atoms with Crippen LogP contribution in [0, 0.1) is 0 Å². The molecule has 2 rings (SSSR count). The maximum absolute atomic E-state index is 13.2.